The molecule has 152 valence electrons. The van der Waals surface area contributed by atoms with Gasteiger partial charge in [-0.05, 0) is 36.1 Å². The fourth-order valence-electron chi connectivity index (χ4n) is 2.81. The van der Waals surface area contributed by atoms with Gasteiger partial charge in [0.2, 0.25) is 0 Å². The average molecular weight is 420 g/mol. The van der Waals surface area contributed by atoms with Crippen molar-refractivity contribution in [3.8, 4) is 0 Å². The van der Waals surface area contributed by atoms with Crippen LogP contribution in [0.15, 0.2) is 89.8 Å². The molecular weight excluding hydrogens is 398 g/mol. The van der Waals surface area contributed by atoms with Crippen molar-refractivity contribution in [2.45, 2.75) is 10.9 Å². The highest BCUT2D eigenvalue weighted by atomic mass is 32.2. The highest BCUT2D eigenvalue weighted by Crippen LogP contribution is 2.17. The van der Waals surface area contributed by atoms with Gasteiger partial charge in [-0.2, -0.15) is 0 Å². The number of ether oxygens (including phenoxy) is 1. The van der Waals surface area contributed by atoms with Crippen LogP contribution in [0.5, 0.6) is 0 Å². The van der Waals surface area contributed by atoms with Crippen molar-refractivity contribution in [1.29, 1.82) is 0 Å². The summed E-state index contributed by atoms with van der Waals surface area (Å²) in [5, 5.41) is 2.70. The summed E-state index contributed by atoms with van der Waals surface area (Å²) >= 11 is 1.58. The molecule has 1 N–H and O–H groups in total. The maximum absolute atomic E-state index is 12.8. The Hall–Kier alpha value is -3.38. The predicted octanol–water partition coefficient (Wildman–Crippen LogP) is 4.31. The number of carbonyl (C=O) groups excluding carboxylic acids is 3. The van der Waals surface area contributed by atoms with E-state index in [9.17, 15) is 14.4 Å². The van der Waals surface area contributed by atoms with Gasteiger partial charge >= 0.3 is 5.97 Å². The first-order chi connectivity index (χ1) is 14.6. The maximum atomic E-state index is 12.8. The Bertz CT molecular complexity index is 1000. The van der Waals surface area contributed by atoms with Crippen molar-refractivity contribution < 1.29 is 19.1 Å². The summed E-state index contributed by atoms with van der Waals surface area (Å²) in [4.78, 5) is 38.7. The summed E-state index contributed by atoms with van der Waals surface area (Å²) in [6, 6.07) is 23.5. The highest BCUT2D eigenvalue weighted by Gasteiger charge is 2.25. The highest BCUT2D eigenvalue weighted by molar-refractivity contribution is 7.98. The fourth-order valence-corrected chi connectivity index (χ4v) is 3.22. The number of hydrogen-bond donors (Lipinski definition) is 1. The molecule has 0 fully saturated rings. The molecule has 0 aliphatic heterocycles. The van der Waals surface area contributed by atoms with Gasteiger partial charge in [-0.1, -0.05) is 60.7 Å². The summed E-state index contributed by atoms with van der Waals surface area (Å²) < 4.78 is 5.26. The number of hydrogen-bond acceptors (Lipinski definition) is 5. The molecule has 3 aromatic carbocycles. The summed E-state index contributed by atoms with van der Waals surface area (Å²) in [7, 11) is 0. The van der Waals surface area contributed by atoms with Crippen LogP contribution in [0.2, 0.25) is 0 Å². The second-order valence-corrected chi connectivity index (χ2v) is 7.32. The summed E-state index contributed by atoms with van der Waals surface area (Å²) in [5.74, 6) is -1.41. The van der Waals surface area contributed by atoms with Crippen LogP contribution >= 0.6 is 11.8 Å². The van der Waals surface area contributed by atoms with Gasteiger partial charge in [-0.25, -0.2) is 4.79 Å². The van der Waals surface area contributed by atoms with Gasteiger partial charge in [0.15, 0.2) is 18.4 Å². The Kier molecular flexibility index (Phi) is 7.40. The minimum Gasteiger partial charge on any atom is -0.455 e. The molecule has 0 saturated carbocycles. The normalized spacial score (nSPS) is 11.4. The molecule has 30 heavy (non-hydrogen) atoms. The lowest BCUT2D eigenvalue weighted by Crippen LogP contribution is -2.35. The third-order valence-electron chi connectivity index (χ3n) is 4.44. The number of carbonyl (C=O) groups is 3. The Balaban J connectivity index is 1.70. The van der Waals surface area contributed by atoms with Crippen molar-refractivity contribution in [3.05, 3.63) is 102 Å². The van der Waals surface area contributed by atoms with Crippen LogP contribution in [0.1, 0.15) is 32.3 Å². The summed E-state index contributed by atoms with van der Waals surface area (Å²) in [6.45, 7) is -0.401. The first-order valence-electron chi connectivity index (χ1n) is 9.33. The van der Waals surface area contributed by atoms with Gasteiger partial charge in [-0.3, -0.25) is 9.59 Å². The van der Waals surface area contributed by atoms with E-state index in [4.69, 9.17) is 4.74 Å². The monoisotopic (exact) mass is 419 g/mol. The fraction of sp³-hybridized carbons (Fsp3) is 0.125. The Morgan fingerprint density at radius 1 is 0.833 bits per heavy atom. The Morgan fingerprint density at radius 3 is 2.03 bits per heavy atom. The molecule has 0 spiro atoms. The molecule has 0 radical (unpaired) electrons. The zero-order chi connectivity index (χ0) is 21.3. The van der Waals surface area contributed by atoms with E-state index in [2.05, 4.69) is 5.32 Å². The van der Waals surface area contributed by atoms with Gasteiger partial charge in [0, 0.05) is 16.0 Å². The first-order valence-corrected chi connectivity index (χ1v) is 10.6. The van der Waals surface area contributed by atoms with Crippen LogP contribution < -0.4 is 5.32 Å². The van der Waals surface area contributed by atoms with Crippen LogP contribution in [0.3, 0.4) is 0 Å². The number of Topliss-reactive ketones (excluding diaryl/α,β-unsaturated/α-hetero) is 1. The smallest absolute Gasteiger partial charge is 0.333 e. The SMILES string of the molecule is CSc1ccc(C(=O)COC(=O)C(NC(=O)c2ccccc2)c2ccccc2)cc1. The summed E-state index contributed by atoms with van der Waals surface area (Å²) in [6.07, 6.45) is 1.95. The lowest BCUT2D eigenvalue weighted by atomic mass is 10.1. The zero-order valence-electron chi connectivity index (χ0n) is 16.4. The topological polar surface area (TPSA) is 72.5 Å². The van der Waals surface area contributed by atoms with Gasteiger partial charge in [0.05, 0.1) is 0 Å². The molecule has 0 heterocycles. The standard InChI is InChI=1S/C24H21NO4S/c1-30-20-14-12-17(13-15-20)21(26)16-29-24(28)22(18-8-4-2-5-9-18)25-23(27)19-10-6-3-7-11-19/h2-15,22H,16H2,1H3,(H,25,27). The number of thioether (sulfide) groups is 1. The average Bonchev–Trinajstić information content (AvgIpc) is 2.81. The molecule has 0 aromatic heterocycles. The van der Waals surface area contributed by atoms with Gasteiger partial charge in [0.25, 0.3) is 5.91 Å². The van der Waals surface area contributed by atoms with Crippen molar-refractivity contribution in [2.75, 3.05) is 12.9 Å². The molecule has 3 aromatic rings. The maximum Gasteiger partial charge on any atom is 0.333 e. The molecule has 5 nitrogen and oxygen atoms in total. The molecule has 0 aliphatic rings. The largest absolute Gasteiger partial charge is 0.455 e. The summed E-state index contributed by atoms with van der Waals surface area (Å²) in [5.41, 5.74) is 1.46. The van der Waals surface area contributed by atoms with E-state index < -0.39 is 24.5 Å². The minimum absolute atomic E-state index is 0.308. The zero-order valence-corrected chi connectivity index (χ0v) is 17.2. The molecular formula is C24H21NO4S. The van der Waals surface area contributed by atoms with Crippen LogP contribution in [0, 0.1) is 0 Å². The number of ketones is 1. The number of rotatable bonds is 8. The Labute approximate surface area is 179 Å². The van der Waals surface area contributed by atoms with E-state index >= 15 is 0 Å². The van der Waals surface area contributed by atoms with Gasteiger partial charge < -0.3 is 10.1 Å². The molecule has 1 unspecified atom stereocenters. The number of esters is 1. The van der Waals surface area contributed by atoms with E-state index in [-0.39, 0.29) is 5.78 Å². The van der Waals surface area contributed by atoms with Crippen LogP contribution in [-0.4, -0.2) is 30.5 Å². The number of amides is 1. The lowest BCUT2D eigenvalue weighted by Gasteiger charge is -2.18. The predicted molar refractivity (Wildman–Crippen MR) is 117 cm³/mol. The molecule has 6 heteroatoms. The van der Waals surface area contributed by atoms with Crippen molar-refractivity contribution in [3.63, 3.8) is 0 Å². The molecule has 0 saturated heterocycles. The molecule has 0 bridgehead atoms. The van der Waals surface area contributed by atoms with Crippen molar-refractivity contribution in [2.24, 2.45) is 0 Å². The second kappa shape index (κ2) is 10.4. The number of nitrogens with one attached hydrogen (secondary N) is 1. The molecule has 1 amide bonds. The number of benzene rings is 3. The third kappa shape index (κ3) is 5.58. The second-order valence-electron chi connectivity index (χ2n) is 6.44. The molecule has 1 atom stereocenters. The van der Waals surface area contributed by atoms with Crippen LogP contribution in [0.25, 0.3) is 0 Å². The van der Waals surface area contributed by atoms with Crippen LogP contribution in [-0.2, 0) is 9.53 Å². The van der Waals surface area contributed by atoms with E-state index in [1.165, 1.54) is 0 Å². The van der Waals surface area contributed by atoms with Crippen molar-refractivity contribution >= 4 is 29.4 Å². The van der Waals surface area contributed by atoms with Gasteiger partial charge in [0.1, 0.15) is 0 Å². The minimum atomic E-state index is -1.02. The quantitative estimate of drug-likeness (QED) is 0.335. The van der Waals surface area contributed by atoms with E-state index in [1.54, 1.807) is 78.5 Å². The van der Waals surface area contributed by atoms with E-state index in [0.717, 1.165) is 4.90 Å². The molecule has 3 rings (SSSR count). The first kappa shape index (κ1) is 21.3. The van der Waals surface area contributed by atoms with Crippen molar-refractivity contribution in [1.82, 2.24) is 5.32 Å². The Morgan fingerprint density at radius 2 is 1.43 bits per heavy atom. The lowest BCUT2D eigenvalue weighted by molar-refractivity contribution is -0.145. The van der Waals surface area contributed by atoms with E-state index in [1.807, 2.05) is 24.5 Å². The van der Waals surface area contributed by atoms with Crippen LogP contribution in [0.4, 0.5) is 0 Å². The third-order valence-corrected chi connectivity index (χ3v) is 5.18. The van der Waals surface area contributed by atoms with E-state index in [0.29, 0.717) is 16.7 Å². The molecule has 0 aliphatic carbocycles. The van der Waals surface area contributed by atoms with Gasteiger partial charge in [-0.15, -0.1) is 11.8 Å².